The highest BCUT2D eigenvalue weighted by molar-refractivity contribution is 5.30. The average Bonchev–Trinajstić information content (AvgIpc) is 3.19. The van der Waals surface area contributed by atoms with Crippen molar-refractivity contribution in [2.45, 2.75) is 76.3 Å². The number of ether oxygens (including phenoxy) is 2. The maximum absolute atomic E-state index is 11.0. The molecule has 5 rings (SSSR count). The molecule has 3 saturated carbocycles. The first-order chi connectivity index (χ1) is 12.8. The third-order valence-corrected chi connectivity index (χ3v) is 9.31. The number of hydrogen-bond donors (Lipinski definition) is 2. The van der Waals surface area contributed by atoms with E-state index in [4.69, 9.17) is 9.47 Å². The molecule has 0 aromatic heterocycles. The molecule has 0 aromatic rings. The molecule has 1 spiro atoms. The molecule has 148 valence electrons. The molecule has 5 heteroatoms. The maximum atomic E-state index is 11.0. The highest BCUT2D eigenvalue weighted by atomic mass is 16.7. The minimum Gasteiger partial charge on any atom is -0.389 e. The zero-order valence-corrected chi connectivity index (χ0v) is 16.4. The monoisotopic (exact) mass is 373 g/mol. The number of fused-ring (bicyclic) bond motifs is 5. The Morgan fingerprint density at radius 2 is 1.89 bits per heavy atom. The lowest BCUT2D eigenvalue weighted by Gasteiger charge is -2.59. The van der Waals surface area contributed by atoms with Crippen molar-refractivity contribution in [3.05, 3.63) is 11.6 Å². The molecule has 5 nitrogen and oxygen atoms in total. The van der Waals surface area contributed by atoms with Crippen molar-refractivity contribution in [1.82, 2.24) is 0 Å². The summed E-state index contributed by atoms with van der Waals surface area (Å²) in [6.07, 6.45) is 7.67. The Kier molecular flexibility index (Phi) is 3.74. The maximum Gasteiger partial charge on any atom is 0.182 e. The van der Waals surface area contributed by atoms with Crippen LogP contribution < -0.4 is 0 Å². The van der Waals surface area contributed by atoms with Crippen molar-refractivity contribution in [2.24, 2.45) is 28.6 Å². The van der Waals surface area contributed by atoms with Crippen LogP contribution in [-0.4, -0.2) is 40.9 Å². The Hall–Kier alpha value is -0.930. The van der Waals surface area contributed by atoms with Crippen LogP contribution in [0.25, 0.3) is 0 Å². The molecule has 0 radical (unpaired) electrons. The lowest BCUT2D eigenvalue weighted by Crippen LogP contribution is -2.56. The van der Waals surface area contributed by atoms with Gasteiger partial charge in [0.25, 0.3) is 0 Å². The van der Waals surface area contributed by atoms with Gasteiger partial charge in [0.05, 0.1) is 19.3 Å². The molecule has 0 unspecified atom stereocenters. The standard InChI is InChI=1S/C22H31NO4/c1-19-7-8-21(26-9-10-27-21)12-14(19)3-4-15-16(19)5-6-20(2)17(15)11-18(24)22(20,25)13-23/h3,15-18,24-25H,4-12H2,1-2H3/t15-,16-,17-,18-,19+,20+,22-/m1/s1. The summed E-state index contributed by atoms with van der Waals surface area (Å²) < 4.78 is 12.0. The van der Waals surface area contributed by atoms with Gasteiger partial charge in [-0.1, -0.05) is 25.5 Å². The lowest BCUT2D eigenvalue weighted by atomic mass is 9.47. The topological polar surface area (TPSA) is 82.7 Å². The van der Waals surface area contributed by atoms with E-state index in [-0.39, 0.29) is 11.3 Å². The van der Waals surface area contributed by atoms with Gasteiger partial charge in [0, 0.05) is 18.3 Å². The molecule has 0 amide bonds. The van der Waals surface area contributed by atoms with Crippen LogP contribution in [0.5, 0.6) is 0 Å². The van der Waals surface area contributed by atoms with Gasteiger partial charge in [0.15, 0.2) is 11.4 Å². The van der Waals surface area contributed by atoms with Crippen molar-refractivity contribution >= 4 is 0 Å². The molecule has 7 atom stereocenters. The molecule has 0 bridgehead atoms. The van der Waals surface area contributed by atoms with Gasteiger partial charge in [-0.15, -0.1) is 0 Å². The quantitative estimate of drug-likeness (QED) is 0.504. The van der Waals surface area contributed by atoms with Crippen molar-refractivity contribution < 1.29 is 19.7 Å². The zero-order chi connectivity index (χ0) is 19.1. The molecular formula is C22H31NO4. The predicted octanol–water partition coefficient (Wildman–Crippen LogP) is 2.92. The summed E-state index contributed by atoms with van der Waals surface area (Å²) in [6, 6.07) is 2.08. The number of rotatable bonds is 0. The van der Waals surface area contributed by atoms with Crippen molar-refractivity contribution in [2.75, 3.05) is 13.2 Å². The summed E-state index contributed by atoms with van der Waals surface area (Å²) in [6.45, 7) is 5.83. The normalized spacial score (nSPS) is 53.2. The summed E-state index contributed by atoms with van der Waals surface area (Å²) in [5.74, 6) is 0.767. The van der Waals surface area contributed by atoms with Crippen LogP contribution in [-0.2, 0) is 9.47 Å². The minimum atomic E-state index is -1.62. The van der Waals surface area contributed by atoms with Gasteiger partial charge in [-0.2, -0.15) is 5.26 Å². The number of allylic oxidation sites excluding steroid dienone is 1. The Labute approximate surface area is 161 Å². The number of hydrogen-bond acceptors (Lipinski definition) is 5. The van der Waals surface area contributed by atoms with E-state index >= 15 is 0 Å². The van der Waals surface area contributed by atoms with Gasteiger partial charge in [0.2, 0.25) is 0 Å². The van der Waals surface area contributed by atoms with Crippen LogP contribution in [0.3, 0.4) is 0 Å². The summed E-state index contributed by atoms with van der Waals surface area (Å²) in [4.78, 5) is 0. The number of nitriles is 1. The average molecular weight is 373 g/mol. The van der Waals surface area contributed by atoms with Crippen molar-refractivity contribution in [3.8, 4) is 6.07 Å². The highest BCUT2D eigenvalue weighted by Gasteiger charge is 2.68. The fourth-order valence-electron chi connectivity index (χ4n) is 7.57. The number of nitrogens with zero attached hydrogens (tertiary/aromatic N) is 1. The van der Waals surface area contributed by atoms with E-state index in [1.165, 1.54) is 5.57 Å². The van der Waals surface area contributed by atoms with E-state index < -0.39 is 22.9 Å². The van der Waals surface area contributed by atoms with Crippen molar-refractivity contribution in [3.63, 3.8) is 0 Å². The molecule has 1 aliphatic heterocycles. The van der Waals surface area contributed by atoms with Gasteiger partial charge < -0.3 is 19.7 Å². The number of aliphatic hydroxyl groups excluding tert-OH is 1. The molecule has 4 fully saturated rings. The molecule has 0 aromatic carbocycles. The van der Waals surface area contributed by atoms with Crippen LogP contribution in [0.4, 0.5) is 0 Å². The molecule has 2 N–H and O–H groups in total. The summed E-state index contributed by atoms with van der Waals surface area (Å²) in [5.41, 5.74) is -0.509. The first-order valence-electron chi connectivity index (χ1n) is 10.6. The summed E-state index contributed by atoms with van der Waals surface area (Å²) in [7, 11) is 0. The van der Waals surface area contributed by atoms with Gasteiger partial charge in [-0.05, 0) is 55.3 Å². The molecule has 1 heterocycles. The van der Waals surface area contributed by atoms with Crippen molar-refractivity contribution in [1.29, 1.82) is 5.26 Å². The SMILES string of the molecule is C[C@]12CCC3(CC1=CC[C@@H]1[C@H]2CC[C@@]2(C)[C@@H]1C[C@@H](O)[C@]2(O)C#N)OCCO3. The van der Waals surface area contributed by atoms with E-state index in [1.54, 1.807) is 0 Å². The second kappa shape index (κ2) is 5.57. The summed E-state index contributed by atoms with van der Waals surface area (Å²) in [5, 5.41) is 31.2. The van der Waals surface area contributed by atoms with Gasteiger partial charge in [-0.25, -0.2) is 0 Å². The minimum absolute atomic E-state index is 0.142. The van der Waals surface area contributed by atoms with E-state index in [2.05, 4.69) is 19.1 Å². The van der Waals surface area contributed by atoms with Gasteiger partial charge >= 0.3 is 0 Å². The van der Waals surface area contributed by atoms with E-state index in [0.717, 1.165) is 38.5 Å². The van der Waals surface area contributed by atoms with Gasteiger partial charge in [0.1, 0.15) is 6.07 Å². The molecule has 5 aliphatic rings. The zero-order valence-electron chi connectivity index (χ0n) is 16.4. The molecular weight excluding hydrogens is 342 g/mol. The van der Waals surface area contributed by atoms with E-state index in [1.807, 2.05) is 6.92 Å². The third kappa shape index (κ3) is 2.13. The van der Waals surface area contributed by atoms with E-state index in [0.29, 0.717) is 31.5 Å². The first-order valence-corrected chi connectivity index (χ1v) is 10.6. The first kappa shape index (κ1) is 18.1. The number of aliphatic hydroxyl groups is 2. The van der Waals surface area contributed by atoms with Crippen LogP contribution in [0.2, 0.25) is 0 Å². The largest absolute Gasteiger partial charge is 0.389 e. The molecule has 27 heavy (non-hydrogen) atoms. The molecule has 1 saturated heterocycles. The molecule has 4 aliphatic carbocycles. The van der Waals surface area contributed by atoms with Crippen LogP contribution in [0.1, 0.15) is 58.8 Å². The van der Waals surface area contributed by atoms with Gasteiger partial charge in [-0.3, -0.25) is 0 Å². The fourth-order valence-corrected chi connectivity index (χ4v) is 7.57. The second-order valence-electron chi connectivity index (χ2n) is 10.1. The predicted molar refractivity (Wildman–Crippen MR) is 98.3 cm³/mol. The smallest absolute Gasteiger partial charge is 0.182 e. The van der Waals surface area contributed by atoms with E-state index in [9.17, 15) is 15.5 Å². The van der Waals surface area contributed by atoms with Crippen LogP contribution in [0.15, 0.2) is 11.6 Å². The van der Waals surface area contributed by atoms with Crippen LogP contribution in [0, 0.1) is 39.9 Å². The third-order valence-electron chi connectivity index (χ3n) is 9.31. The fraction of sp³-hybridized carbons (Fsp3) is 0.864. The second-order valence-corrected chi connectivity index (χ2v) is 10.1. The highest BCUT2D eigenvalue weighted by Crippen LogP contribution is 2.67. The Morgan fingerprint density at radius 1 is 1.15 bits per heavy atom. The Morgan fingerprint density at radius 3 is 2.59 bits per heavy atom. The Bertz CT molecular complexity index is 722. The Balaban J connectivity index is 1.48. The lowest BCUT2D eigenvalue weighted by molar-refractivity contribution is -0.187. The van der Waals surface area contributed by atoms with Crippen LogP contribution >= 0.6 is 0 Å². The summed E-state index contributed by atoms with van der Waals surface area (Å²) >= 11 is 0.